The predicted octanol–water partition coefficient (Wildman–Crippen LogP) is 2.82. The smallest absolute Gasteiger partial charge is 0.321 e. The van der Waals surface area contributed by atoms with E-state index in [1.165, 1.54) is 30.6 Å². The van der Waals surface area contributed by atoms with E-state index in [1.807, 2.05) is 6.92 Å². The van der Waals surface area contributed by atoms with Crippen LogP contribution in [0.25, 0.3) is 0 Å². The minimum Gasteiger partial charge on any atom is -0.338 e. The van der Waals surface area contributed by atoms with Gasteiger partial charge < -0.3 is 5.32 Å². The lowest BCUT2D eigenvalue weighted by Crippen LogP contribution is -2.34. The van der Waals surface area contributed by atoms with Gasteiger partial charge in [0.05, 0.1) is 0 Å². The van der Waals surface area contributed by atoms with E-state index in [4.69, 9.17) is 0 Å². The predicted molar refractivity (Wildman–Crippen MR) is 82.2 cm³/mol. The van der Waals surface area contributed by atoms with Gasteiger partial charge in [0.2, 0.25) is 5.13 Å². The summed E-state index contributed by atoms with van der Waals surface area (Å²) in [7, 11) is 0. The molecule has 6 heteroatoms. The summed E-state index contributed by atoms with van der Waals surface area (Å²) in [6, 6.07) is -0.162. The number of carbonyl (C=O) groups is 1. The molecule has 0 saturated heterocycles. The minimum atomic E-state index is -0.162. The third-order valence-corrected chi connectivity index (χ3v) is 6.34. The number of nitrogens with one attached hydrogen (secondary N) is 2. The summed E-state index contributed by atoms with van der Waals surface area (Å²) in [5.74, 6) is 2.07. The van der Waals surface area contributed by atoms with Crippen molar-refractivity contribution >= 4 is 22.5 Å². The highest BCUT2D eigenvalue weighted by atomic mass is 32.1. The molecule has 3 aliphatic carbocycles. The first-order valence-corrected chi connectivity index (χ1v) is 8.58. The average molecular weight is 304 g/mol. The van der Waals surface area contributed by atoms with Crippen LogP contribution in [0.15, 0.2) is 12.2 Å². The monoisotopic (exact) mass is 304 g/mol. The van der Waals surface area contributed by atoms with Crippen LogP contribution in [0.5, 0.6) is 0 Å². The van der Waals surface area contributed by atoms with Crippen molar-refractivity contribution in [2.75, 3.05) is 11.9 Å². The topological polar surface area (TPSA) is 66.9 Å². The highest BCUT2D eigenvalue weighted by molar-refractivity contribution is 7.15. The van der Waals surface area contributed by atoms with Gasteiger partial charge in [0, 0.05) is 6.54 Å². The van der Waals surface area contributed by atoms with E-state index < -0.39 is 0 Å². The molecule has 1 heterocycles. The lowest BCUT2D eigenvalue weighted by molar-refractivity contribution is 0.248. The number of hydrogen-bond acceptors (Lipinski definition) is 4. The van der Waals surface area contributed by atoms with Gasteiger partial charge in [0.25, 0.3) is 0 Å². The van der Waals surface area contributed by atoms with E-state index in [2.05, 4.69) is 33.0 Å². The van der Waals surface area contributed by atoms with E-state index in [0.29, 0.717) is 22.4 Å². The van der Waals surface area contributed by atoms with Crippen molar-refractivity contribution in [1.29, 1.82) is 0 Å². The normalized spacial score (nSPS) is 30.8. The fourth-order valence-electron chi connectivity index (χ4n) is 4.17. The molecule has 2 N–H and O–H groups in total. The fourth-order valence-corrected chi connectivity index (χ4v) is 4.84. The van der Waals surface area contributed by atoms with E-state index >= 15 is 0 Å². The second kappa shape index (κ2) is 4.80. The Labute approximate surface area is 128 Å². The van der Waals surface area contributed by atoms with Gasteiger partial charge >= 0.3 is 6.03 Å². The van der Waals surface area contributed by atoms with Gasteiger partial charge in [0.1, 0.15) is 5.01 Å². The highest BCUT2D eigenvalue weighted by Gasteiger charge is 2.62. The number of amides is 2. The maximum absolute atomic E-state index is 11.9. The molecule has 2 amide bonds. The van der Waals surface area contributed by atoms with Crippen LogP contribution in [0.4, 0.5) is 9.93 Å². The summed E-state index contributed by atoms with van der Waals surface area (Å²) in [4.78, 5) is 11.9. The number of hydrogen-bond donors (Lipinski definition) is 2. The van der Waals surface area contributed by atoms with Gasteiger partial charge in [-0.2, -0.15) is 0 Å². The van der Waals surface area contributed by atoms with Gasteiger partial charge in [-0.15, -0.1) is 10.2 Å². The van der Waals surface area contributed by atoms with E-state index in [0.717, 1.165) is 23.9 Å². The van der Waals surface area contributed by atoms with Gasteiger partial charge in [-0.25, -0.2) is 4.79 Å². The Hall–Kier alpha value is -1.43. The maximum Gasteiger partial charge on any atom is 0.321 e. The fraction of sp³-hybridized carbons (Fsp3) is 0.667. The summed E-state index contributed by atoms with van der Waals surface area (Å²) < 4.78 is 0. The second-order valence-electron chi connectivity index (χ2n) is 6.44. The van der Waals surface area contributed by atoms with E-state index in [9.17, 15) is 4.79 Å². The third-order valence-electron chi connectivity index (χ3n) is 5.36. The summed E-state index contributed by atoms with van der Waals surface area (Å²) in [5, 5.41) is 15.3. The van der Waals surface area contributed by atoms with Crippen LogP contribution in [0.2, 0.25) is 0 Å². The summed E-state index contributed by atoms with van der Waals surface area (Å²) >= 11 is 1.44. The second-order valence-corrected chi connectivity index (χ2v) is 7.50. The summed E-state index contributed by atoms with van der Waals surface area (Å²) in [6.45, 7) is 2.79. The van der Waals surface area contributed by atoms with Crippen molar-refractivity contribution in [3.63, 3.8) is 0 Å². The number of urea groups is 1. The van der Waals surface area contributed by atoms with Crippen molar-refractivity contribution in [3.05, 3.63) is 17.2 Å². The SMILES string of the molecule is CCc1nnc(NC(=O)NC[C@@H]2C[C@@H]3C=C[C@@H]2C32CC2)s1. The van der Waals surface area contributed by atoms with Crippen LogP contribution in [-0.2, 0) is 6.42 Å². The zero-order valence-corrected chi connectivity index (χ0v) is 12.9. The Kier molecular flexibility index (Phi) is 3.03. The Morgan fingerprint density at radius 3 is 2.95 bits per heavy atom. The van der Waals surface area contributed by atoms with Crippen LogP contribution >= 0.6 is 11.3 Å². The number of aromatic nitrogens is 2. The van der Waals surface area contributed by atoms with Gasteiger partial charge in [0.15, 0.2) is 0 Å². The molecule has 0 unspecified atom stereocenters. The van der Waals surface area contributed by atoms with Crippen molar-refractivity contribution in [3.8, 4) is 0 Å². The molecule has 1 aromatic rings. The van der Waals surface area contributed by atoms with Crippen LogP contribution in [0.3, 0.4) is 0 Å². The van der Waals surface area contributed by atoms with Crippen LogP contribution in [0.1, 0.15) is 31.2 Å². The van der Waals surface area contributed by atoms with Gasteiger partial charge in [-0.3, -0.25) is 5.32 Å². The summed E-state index contributed by atoms with van der Waals surface area (Å²) in [5.41, 5.74) is 0.595. The standard InChI is InChI=1S/C15H20N4OS/c1-2-12-18-19-14(21-12)17-13(20)16-8-9-7-10-3-4-11(9)15(10)5-6-15/h3-4,9-11H,2,5-8H2,1H3,(H2,16,17,19,20)/t9-,10-,11-/m0/s1. The number of nitrogens with zero attached hydrogens (tertiary/aromatic N) is 2. The largest absolute Gasteiger partial charge is 0.338 e. The molecular weight excluding hydrogens is 284 g/mol. The minimum absolute atomic E-state index is 0.162. The van der Waals surface area contributed by atoms with Crippen LogP contribution in [0, 0.1) is 23.2 Å². The summed E-state index contributed by atoms with van der Waals surface area (Å²) in [6.07, 6.45) is 9.64. The molecule has 0 radical (unpaired) electrons. The molecule has 3 atom stereocenters. The molecule has 112 valence electrons. The number of rotatable bonds is 4. The number of allylic oxidation sites excluding steroid dienone is 2. The molecular formula is C15H20N4OS. The molecule has 2 saturated carbocycles. The lowest BCUT2D eigenvalue weighted by atomic mass is 9.89. The first kappa shape index (κ1) is 13.2. The average Bonchev–Trinajstić information content (AvgIpc) is 2.93. The van der Waals surface area contributed by atoms with Crippen molar-refractivity contribution < 1.29 is 4.79 Å². The molecule has 2 bridgehead atoms. The molecule has 1 spiro atoms. The van der Waals surface area contributed by atoms with E-state index in [-0.39, 0.29) is 6.03 Å². The number of carbonyl (C=O) groups excluding carboxylic acids is 1. The van der Waals surface area contributed by atoms with Crippen molar-refractivity contribution in [2.24, 2.45) is 23.2 Å². The molecule has 1 aromatic heterocycles. The van der Waals surface area contributed by atoms with Crippen molar-refractivity contribution in [1.82, 2.24) is 15.5 Å². The number of anilines is 1. The molecule has 2 fully saturated rings. The third kappa shape index (κ3) is 2.16. The van der Waals surface area contributed by atoms with Crippen LogP contribution in [-0.4, -0.2) is 22.8 Å². The molecule has 0 aromatic carbocycles. The lowest BCUT2D eigenvalue weighted by Gasteiger charge is -2.20. The Morgan fingerprint density at radius 2 is 2.29 bits per heavy atom. The first-order valence-electron chi connectivity index (χ1n) is 7.77. The molecule has 4 rings (SSSR count). The zero-order valence-electron chi connectivity index (χ0n) is 12.1. The van der Waals surface area contributed by atoms with E-state index in [1.54, 1.807) is 0 Å². The molecule has 5 nitrogen and oxygen atoms in total. The Morgan fingerprint density at radius 1 is 1.43 bits per heavy atom. The van der Waals surface area contributed by atoms with Gasteiger partial charge in [-0.1, -0.05) is 30.4 Å². The molecule has 3 aliphatic rings. The number of aryl methyl sites for hydroxylation is 1. The molecule has 21 heavy (non-hydrogen) atoms. The maximum atomic E-state index is 11.9. The Bertz CT molecular complexity index is 592. The first-order chi connectivity index (χ1) is 10.2. The zero-order chi connectivity index (χ0) is 14.4. The quantitative estimate of drug-likeness (QED) is 0.841. The van der Waals surface area contributed by atoms with Gasteiger partial charge in [-0.05, 0) is 48.9 Å². The van der Waals surface area contributed by atoms with Crippen molar-refractivity contribution in [2.45, 2.75) is 32.6 Å². The van der Waals surface area contributed by atoms with Crippen LogP contribution < -0.4 is 10.6 Å². The highest BCUT2D eigenvalue weighted by Crippen LogP contribution is 2.69. The molecule has 0 aliphatic heterocycles. The Balaban J connectivity index is 1.29.